The lowest BCUT2D eigenvalue weighted by atomic mass is 10.1. The Bertz CT molecular complexity index is 860. The minimum absolute atomic E-state index is 0.159. The molecule has 0 saturated heterocycles. The summed E-state index contributed by atoms with van der Waals surface area (Å²) in [6.45, 7) is 3.43. The summed E-state index contributed by atoms with van der Waals surface area (Å²) in [6, 6.07) is 0. The van der Waals surface area contributed by atoms with Crippen molar-refractivity contribution < 1.29 is 43.0 Å². The van der Waals surface area contributed by atoms with Crippen molar-refractivity contribution in [2.45, 2.75) is 135 Å². The molecule has 0 bridgehead atoms. The number of aliphatic hydroxyl groups is 1. The molecule has 0 aliphatic rings. The second-order valence-corrected chi connectivity index (χ2v) is 11.9. The van der Waals surface area contributed by atoms with Gasteiger partial charge in [0.2, 0.25) is 0 Å². The van der Waals surface area contributed by atoms with Crippen molar-refractivity contribution in [2.75, 3.05) is 13.2 Å². The van der Waals surface area contributed by atoms with Gasteiger partial charge < -0.3 is 24.4 Å². The Balaban J connectivity index is 4.19. The van der Waals surface area contributed by atoms with Gasteiger partial charge in [-0.25, -0.2) is 4.57 Å². The van der Waals surface area contributed by atoms with Crippen molar-refractivity contribution >= 4 is 19.8 Å². The zero-order chi connectivity index (χ0) is 32.0. The number of phosphoric acid groups is 1. The van der Waals surface area contributed by atoms with E-state index in [-0.39, 0.29) is 19.4 Å². The van der Waals surface area contributed by atoms with Gasteiger partial charge in [-0.15, -0.1) is 0 Å². The lowest BCUT2D eigenvalue weighted by Crippen LogP contribution is -2.29. The number of hydrogen-bond donors (Lipinski definition) is 3. The van der Waals surface area contributed by atoms with Crippen LogP contribution in [0.2, 0.25) is 0 Å². The summed E-state index contributed by atoms with van der Waals surface area (Å²) >= 11 is 0. The maximum Gasteiger partial charge on any atom is 0.469 e. The van der Waals surface area contributed by atoms with Crippen LogP contribution in [-0.4, -0.2) is 52.3 Å². The van der Waals surface area contributed by atoms with Gasteiger partial charge in [0.15, 0.2) is 6.10 Å². The summed E-state index contributed by atoms with van der Waals surface area (Å²) in [5, 5.41) is 9.95. The molecule has 0 fully saturated rings. The lowest BCUT2D eigenvalue weighted by molar-refractivity contribution is -0.161. The lowest BCUT2D eigenvalue weighted by Gasteiger charge is -2.18. The van der Waals surface area contributed by atoms with E-state index in [2.05, 4.69) is 24.4 Å². The fraction of sp³-hybridized carbons (Fsp3) is 0.697. The van der Waals surface area contributed by atoms with E-state index >= 15 is 0 Å². The number of esters is 2. The molecule has 0 aromatic heterocycles. The molecule has 0 aliphatic heterocycles. The predicted octanol–water partition coefficient (Wildman–Crippen LogP) is 7.81. The second-order valence-electron chi connectivity index (χ2n) is 10.6. The highest BCUT2D eigenvalue weighted by Crippen LogP contribution is 2.35. The van der Waals surface area contributed by atoms with E-state index in [0.717, 1.165) is 32.1 Å². The first-order chi connectivity index (χ1) is 20.7. The van der Waals surface area contributed by atoms with E-state index in [4.69, 9.17) is 19.3 Å². The van der Waals surface area contributed by atoms with Crippen molar-refractivity contribution in [1.29, 1.82) is 0 Å². The van der Waals surface area contributed by atoms with Gasteiger partial charge in [-0.1, -0.05) is 114 Å². The normalized spacial score (nSPS) is 13.9. The number of carbonyl (C=O) groups excluding carboxylic acids is 2. The van der Waals surface area contributed by atoms with Gasteiger partial charge in [-0.3, -0.25) is 14.1 Å². The topological polar surface area (TPSA) is 140 Å². The minimum atomic E-state index is -4.76. The molecule has 3 N–H and O–H groups in total. The molecule has 0 saturated carbocycles. The third kappa shape index (κ3) is 31.2. The van der Waals surface area contributed by atoms with Crippen molar-refractivity contribution in [2.24, 2.45) is 0 Å². The standard InChI is InChI=1S/C33H57O9P/c1-3-5-7-9-13-19-23-27-33(36)42-31(29-41-43(37,38)39)28-40-32(35)26-22-18-15-12-11-14-17-21-25-30(34)24-20-16-10-8-6-4-2/h12,14-17,20-21,25,30-31,34H,3-11,13,18-19,22-24,26-29H2,1-2H3,(H2,37,38,39)/b15-12-,17-14-,20-16-,25-21+/t30-,31-/m1/s1. The fourth-order valence-electron chi connectivity index (χ4n) is 3.98. The molecular formula is C33H57O9P. The van der Waals surface area contributed by atoms with Crippen LogP contribution in [0.1, 0.15) is 123 Å². The number of allylic oxidation sites excluding steroid dienone is 6. The quantitative estimate of drug-likeness (QED) is 0.0260. The highest BCUT2D eigenvalue weighted by Gasteiger charge is 2.22. The van der Waals surface area contributed by atoms with Crippen LogP contribution in [0.15, 0.2) is 48.6 Å². The summed E-state index contributed by atoms with van der Waals surface area (Å²) in [6.07, 6.45) is 29.0. The van der Waals surface area contributed by atoms with Gasteiger partial charge in [-0.2, -0.15) is 0 Å². The van der Waals surface area contributed by atoms with E-state index in [1.807, 2.05) is 36.5 Å². The summed E-state index contributed by atoms with van der Waals surface area (Å²) in [5.74, 6) is -1.00. The summed E-state index contributed by atoms with van der Waals surface area (Å²) in [5.41, 5.74) is 0. The Hall–Kier alpha value is -2.03. The van der Waals surface area contributed by atoms with Crippen LogP contribution in [0.5, 0.6) is 0 Å². The smallest absolute Gasteiger partial charge is 0.462 e. The van der Waals surface area contributed by atoms with Crippen LogP contribution in [0.25, 0.3) is 0 Å². The largest absolute Gasteiger partial charge is 0.469 e. The van der Waals surface area contributed by atoms with Crippen molar-refractivity contribution in [3.05, 3.63) is 48.6 Å². The van der Waals surface area contributed by atoms with Crippen LogP contribution < -0.4 is 0 Å². The Kier molecular flexibility index (Phi) is 27.4. The third-order valence-electron chi connectivity index (χ3n) is 6.43. The zero-order valence-corrected chi connectivity index (χ0v) is 27.3. The molecule has 0 aromatic rings. The first-order valence-corrected chi connectivity index (χ1v) is 17.6. The Labute approximate surface area is 259 Å². The number of aliphatic hydroxyl groups excluding tert-OH is 1. The average Bonchev–Trinajstić information content (AvgIpc) is 2.96. The SMILES string of the molecule is CCCCC/C=C\C[C@@H](O)/C=C/C=C\C/C=C\CCCC(=O)OC[C@H](COP(=O)(O)O)OC(=O)CCCCCCCCC. The Morgan fingerprint density at radius 1 is 0.721 bits per heavy atom. The number of hydrogen-bond acceptors (Lipinski definition) is 7. The number of unbranched alkanes of at least 4 members (excludes halogenated alkanes) is 10. The van der Waals surface area contributed by atoms with E-state index in [0.29, 0.717) is 25.7 Å². The minimum Gasteiger partial charge on any atom is -0.462 e. The average molecular weight is 629 g/mol. The van der Waals surface area contributed by atoms with Gasteiger partial charge in [0.25, 0.3) is 0 Å². The van der Waals surface area contributed by atoms with Crippen LogP contribution in [0.3, 0.4) is 0 Å². The number of carbonyl (C=O) groups is 2. The summed E-state index contributed by atoms with van der Waals surface area (Å²) in [4.78, 5) is 42.3. The highest BCUT2D eigenvalue weighted by atomic mass is 31.2. The number of rotatable bonds is 28. The van der Waals surface area contributed by atoms with Crippen molar-refractivity contribution in [3.8, 4) is 0 Å². The van der Waals surface area contributed by atoms with Crippen molar-refractivity contribution in [3.63, 3.8) is 0 Å². The molecule has 0 radical (unpaired) electrons. The van der Waals surface area contributed by atoms with Gasteiger partial charge in [-0.05, 0) is 44.9 Å². The van der Waals surface area contributed by atoms with Gasteiger partial charge >= 0.3 is 19.8 Å². The molecule has 0 aliphatic carbocycles. The van der Waals surface area contributed by atoms with Crippen molar-refractivity contribution in [1.82, 2.24) is 0 Å². The van der Waals surface area contributed by atoms with Crippen LogP contribution in [0.4, 0.5) is 0 Å². The van der Waals surface area contributed by atoms with Crippen LogP contribution >= 0.6 is 7.82 Å². The van der Waals surface area contributed by atoms with E-state index in [1.54, 1.807) is 6.08 Å². The van der Waals surface area contributed by atoms with Gasteiger partial charge in [0, 0.05) is 12.8 Å². The van der Waals surface area contributed by atoms with E-state index in [1.165, 1.54) is 38.5 Å². The molecule has 2 atom stereocenters. The fourth-order valence-corrected chi connectivity index (χ4v) is 4.34. The molecular weight excluding hydrogens is 571 g/mol. The molecule has 0 unspecified atom stereocenters. The molecule has 0 heterocycles. The molecule has 9 nitrogen and oxygen atoms in total. The highest BCUT2D eigenvalue weighted by molar-refractivity contribution is 7.46. The van der Waals surface area contributed by atoms with Gasteiger partial charge in [0.05, 0.1) is 12.7 Å². The molecule has 0 rings (SSSR count). The zero-order valence-electron chi connectivity index (χ0n) is 26.4. The van der Waals surface area contributed by atoms with E-state index in [9.17, 15) is 19.3 Å². The maximum atomic E-state index is 12.2. The van der Waals surface area contributed by atoms with Crippen LogP contribution in [-0.2, 0) is 28.2 Å². The summed E-state index contributed by atoms with van der Waals surface area (Å²) in [7, 11) is -4.76. The molecule has 43 heavy (non-hydrogen) atoms. The van der Waals surface area contributed by atoms with E-state index < -0.39 is 38.6 Å². The predicted molar refractivity (Wildman–Crippen MR) is 171 cm³/mol. The molecule has 248 valence electrons. The monoisotopic (exact) mass is 628 g/mol. The number of ether oxygens (including phenoxy) is 2. The third-order valence-corrected chi connectivity index (χ3v) is 6.92. The number of phosphoric ester groups is 1. The van der Waals surface area contributed by atoms with Gasteiger partial charge in [0.1, 0.15) is 6.61 Å². The Morgan fingerprint density at radius 3 is 2.07 bits per heavy atom. The van der Waals surface area contributed by atoms with Crippen LogP contribution in [0, 0.1) is 0 Å². The molecule has 0 aromatic carbocycles. The first-order valence-electron chi connectivity index (χ1n) is 16.0. The molecule has 10 heteroatoms. The maximum absolute atomic E-state index is 12.2. The Morgan fingerprint density at radius 2 is 1.35 bits per heavy atom. The molecule has 0 amide bonds. The first kappa shape index (κ1) is 41.0. The molecule has 0 spiro atoms. The second kappa shape index (κ2) is 28.7. The summed E-state index contributed by atoms with van der Waals surface area (Å²) < 4.78 is 26.0.